The topological polar surface area (TPSA) is 96.0 Å². The van der Waals surface area contributed by atoms with Crippen molar-refractivity contribution >= 4 is 27.5 Å². The Balaban J connectivity index is 1.80. The molecule has 0 aliphatic heterocycles. The van der Waals surface area contributed by atoms with Gasteiger partial charge in [0, 0.05) is 19.5 Å². The molecule has 248 valence electrons. The maximum absolute atomic E-state index is 14.6. The predicted molar refractivity (Wildman–Crippen MR) is 187 cm³/mol. The summed E-state index contributed by atoms with van der Waals surface area (Å²) in [5.41, 5.74) is 3.95. The Bertz CT molecular complexity index is 1710. The van der Waals surface area contributed by atoms with E-state index in [1.807, 2.05) is 82.3 Å². The van der Waals surface area contributed by atoms with E-state index in [0.717, 1.165) is 39.4 Å². The lowest BCUT2D eigenvalue weighted by Gasteiger charge is -2.34. The second-order valence-electron chi connectivity index (χ2n) is 11.5. The third kappa shape index (κ3) is 9.45. The zero-order valence-electron chi connectivity index (χ0n) is 27.7. The number of hydrogen-bond donors (Lipinski definition) is 1. The van der Waals surface area contributed by atoms with Crippen LogP contribution in [-0.4, -0.2) is 50.9 Å². The molecule has 0 spiro atoms. The first kappa shape index (κ1) is 35.2. The number of ether oxygens (including phenoxy) is 1. The lowest BCUT2D eigenvalue weighted by atomic mass is 10.0. The SMILES string of the molecule is CCCCNC(=O)[C@H](Cc1ccccc1)N(Cc1ccccc1C)C(=O)CN(c1ccc(OCC)cc1)S(=O)(=O)c1ccc(C)cc1. The van der Waals surface area contributed by atoms with Crippen LogP contribution in [0.3, 0.4) is 0 Å². The summed E-state index contributed by atoms with van der Waals surface area (Å²) in [6.45, 7) is 8.31. The average molecular weight is 656 g/mol. The second kappa shape index (κ2) is 16.8. The second-order valence-corrected chi connectivity index (χ2v) is 13.4. The Morgan fingerprint density at radius 2 is 1.49 bits per heavy atom. The normalized spacial score (nSPS) is 11.8. The molecule has 0 bridgehead atoms. The first-order valence-corrected chi connectivity index (χ1v) is 17.6. The highest BCUT2D eigenvalue weighted by Gasteiger charge is 2.34. The van der Waals surface area contributed by atoms with Gasteiger partial charge in [-0.2, -0.15) is 0 Å². The van der Waals surface area contributed by atoms with Crippen LogP contribution >= 0.6 is 0 Å². The summed E-state index contributed by atoms with van der Waals surface area (Å²) in [5, 5.41) is 3.03. The standard InChI is InChI=1S/C38H45N3O5S/c1-5-7-25-39-38(43)36(26-31-14-9-8-10-15-31)40(27-32-16-12-11-13-30(32)4)37(42)28-41(33-19-21-34(22-20-33)46-6-2)47(44,45)35-23-17-29(3)18-24-35/h8-24,36H,5-7,25-28H2,1-4H3,(H,39,43)/t36-/m0/s1. The Morgan fingerprint density at radius 3 is 2.13 bits per heavy atom. The van der Waals surface area contributed by atoms with Crippen molar-refractivity contribution in [3.63, 3.8) is 0 Å². The molecular weight excluding hydrogens is 611 g/mol. The van der Waals surface area contributed by atoms with Crippen LogP contribution in [0.4, 0.5) is 5.69 Å². The van der Waals surface area contributed by atoms with E-state index in [1.54, 1.807) is 48.5 Å². The Morgan fingerprint density at radius 1 is 0.830 bits per heavy atom. The van der Waals surface area contributed by atoms with Crippen molar-refractivity contribution in [3.8, 4) is 5.75 Å². The fourth-order valence-electron chi connectivity index (χ4n) is 5.27. The highest BCUT2D eigenvalue weighted by atomic mass is 32.2. The van der Waals surface area contributed by atoms with Crippen LogP contribution < -0.4 is 14.4 Å². The van der Waals surface area contributed by atoms with E-state index in [9.17, 15) is 18.0 Å². The van der Waals surface area contributed by atoms with E-state index in [0.29, 0.717) is 24.6 Å². The maximum atomic E-state index is 14.6. The largest absolute Gasteiger partial charge is 0.494 e. The Hall–Kier alpha value is -4.63. The molecule has 1 N–H and O–H groups in total. The minimum absolute atomic E-state index is 0.0633. The van der Waals surface area contributed by atoms with Crippen LogP contribution in [0.1, 0.15) is 48.9 Å². The summed E-state index contributed by atoms with van der Waals surface area (Å²) < 4.78 is 35.2. The van der Waals surface area contributed by atoms with Crippen molar-refractivity contribution in [1.29, 1.82) is 0 Å². The number of benzene rings is 4. The fraction of sp³-hybridized carbons (Fsp3) is 0.316. The smallest absolute Gasteiger partial charge is 0.264 e. The first-order valence-electron chi connectivity index (χ1n) is 16.1. The Labute approximate surface area is 279 Å². The van der Waals surface area contributed by atoms with E-state index in [-0.39, 0.29) is 23.8 Å². The number of nitrogens with zero attached hydrogens (tertiary/aromatic N) is 2. The molecule has 0 radical (unpaired) electrons. The summed E-state index contributed by atoms with van der Waals surface area (Å²) in [7, 11) is -4.18. The number of amides is 2. The molecule has 0 aliphatic carbocycles. The van der Waals surface area contributed by atoms with Crippen molar-refractivity contribution in [2.75, 3.05) is 24.0 Å². The molecule has 2 amide bonds. The number of rotatable bonds is 16. The molecular formula is C38H45N3O5S. The van der Waals surface area contributed by atoms with Gasteiger partial charge in [-0.1, -0.05) is 85.6 Å². The number of aryl methyl sites for hydroxylation is 2. The number of hydrogen-bond acceptors (Lipinski definition) is 5. The third-order valence-electron chi connectivity index (χ3n) is 8.03. The van der Waals surface area contributed by atoms with Crippen molar-refractivity contribution < 1.29 is 22.7 Å². The van der Waals surface area contributed by atoms with Crippen molar-refractivity contribution in [3.05, 3.63) is 125 Å². The monoisotopic (exact) mass is 655 g/mol. The van der Waals surface area contributed by atoms with Gasteiger partial charge >= 0.3 is 0 Å². The van der Waals surface area contributed by atoms with Crippen molar-refractivity contribution in [2.24, 2.45) is 0 Å². The van der Waals surface area contributed by atoms with Gasteiger partial charge in [0.15, 0.2) is 0 Å². The van der Waals surface area contributed by atoms with Crippen LogP contribution in [-0.2, 0) is 32.6 Å². The van der Waals surface area contributed by atoms with E-state index >= 15 is 0 Å². The lowest BCUT2D eigenvalue weighted by Crippen LogP contribution is -2.53. The van der Waals surface area contributed by atoms with Crippen molar-refractivity contribution in [2.45, 2.75) is 64.4 Å². The summed E-state index contributed by atoms with van der Waals surface area (Å²) in [6, 6.07) is 29.6. The molecule has 0 aromatic heterocycles. The Kier molecular flexibility index (Phi) is 12.6. The molecule has 0 saturated carbocycles. The van der Waals surface area contributed by atoms with Gasteiger partial charge in [-0.25, -0.2) is 8.42 Å². The van der Waals surface area contributed by atoms with Gasteiger partial charge in [-0.3, -0.25) is 13.9 Å². The van der Waals surface area contributed by atoms with Crippen LogP contribution in [0.5, 0.6) is 5.75 Å². The minimum Gasteiger partial charge on any atom is -0.494 e. The van der Waals surface area contributed by atoms with Gasteiger partial charge in [-0.15, -0.1) is 0 Å². The molecule has 8 nitrogen and oxygen atoms in total. The predicted octanol–water partition coefficient (Wildman–Crippen LogP) is 6.45. The highest BCUT2D eigenvalue weighted by Crippen LogP contribution is 2.27. The number of carbonyl (C=O) groups excluding carboxylic acids is 2. The first-order chi connectivity index (χ1) is 22.6. The molecule has 0 fully saturated rings. The van der Waals surface area contributed by atoms with Gasteiger partial charge in [0.25, 0.3) is 10.0 Å². The summed E-state index contributed by atoms with van der Waals surface area (Å²) in [5.74, 6) is -0.189. The quantitative estimate of drug-likeness (QED) is 0.140. The number of anilines is 1. The summed E-state index contributed by atoms with van der Waals surface area (Å²) in [6.07, 6.45) is 1.98. The number of nitrogens with one attached hydrogen (secondary N) is 1. The van der Waals surface area contributed by atoms with E-state index in [1.165, 1.54) is 4.90 Å². The number of unbranched alkanes of at least 4 members (excludes halogenated alkanes) is 1. The zero-order chi connectivity index (χ0) is 33.8. The number of sulfonamides is 1. The molecule has 4 aromatic rings. The van der Waals surface area contributed by atoms with Crippen LogP contribution in [0.15, 0.2) is 108 Å². The third-order valence-corrected chi connectivity index (χ3v) is 9.81. The molecule has 4 aromatic carbocycles. The summed E-state index contributed by atoms with van der Waals surface area (Å²) >= 11 is 0. The van der Waals surface area contributed by atoms with Crippen LogP contribution in [0.2, 0.25) is 0 Å². The van der Waals surface area contributed by atoms with Gasteiger partial charge in [0.2, 0.25) is 11.8 Å². The minimum atomic E-state index is -4.18. The molecule has 47 heavy (non-hydrogen) atoms. The molecule has 1 atom stereocenters. The molecule has 4 rings (SSSR count). The molecule has 0 aliphatic rings. The lowest BCUT2D eigenvalue weighted by molar-refractivity contribution is -0.140. The molecule has 0 unspecified atom stereocenters. The van der Waals surface area contributed by atoms with E-state index in [2.05, 4.69) is 5.32 Å². The van der Waals surface area contributed by atoms with Crippen LogP contribution in [0, 0.1) is 13.8 Å². The summed E-state index contributed by atoms with van der Waals surface area (Å²) in [4.78, 5) is 30.1. The molecule has 0 saturated heterocycles. The van der Waals surface area contributed by atoms with Gasteiger partial charge in [0.1, 0.15) is 18.3 Å². The highest BCUT2D eigenvalue weighted by molar-refractivity contribution is 7.92. The van der Waals surface area contributed by atoms with Gasteiger partial charge in [-0.05, 0) is 80.3 Å². The van der Waals surface area contributed by atoms with Crippen LogP contribution in [0.25, 0.3) is 0 Å². The van der Waals surface area contributed by atoms with Crippen molar-refractivity contribution in [1.82, 2.24) is 10.2 Å². The average Bonchev–Trinajstić information content (AvgIpc) is 3.07. The zero-order valence-corrected chi connectivity index (χ0v) is 28.5. The number of carbonyl (C=O) groups is 2. The fourth-order valence-corrected chi connectivity index (χ4v) is 6.69. The van der Waals surface area contributed by atoms with E-state index in [4.69, 9.17) is 4.74 Å². The molecule has 0 heterocycles. The van der Waals surface area contributed by atoms with Gasteiger partial charge in [0.05, 0.1) is 17.2 Å². The maximum Gasteiger partial charge on any atom is 0.264 e. The van der Waals surface area contributed by atoms with Gasteiger partial charge < -0.3 is 15.0 Å². The molecule has 9 heteroatoms. The van der Waals surface area contributed by atoms with E-state index < -0.39 is 28.5 Å².